The van der Waals surface area contributed by atoms with E-state index >= 15 is 0 Å². The Balaban J connectivity index is 1.56. The van der Waals surface area contributed by atoms with E-state index in [0.29, 0.717) is 18.6 Å². The first-order chi connectivity index (χ1) is 11.7. The molecule has 0 bridgehead atoms. The summed E-state index contributed by atoms with van der Waals surface area (Å²) in [6.07, 6.45) is 7.22. The van der Waals surface area contributed by atoms with Crippen LogP contribution in [0.2, 0.25) is 0 Å². The van der Waals surface area contributed by atoms with E-state index < -0.39 is 0 Å². The van der Waals surface area contributed by atoms with Gasteiger partial charge in [-0.25, -0.2) is 9.97 Å². The molecule has 0 saturated carbocycles. The normalized spacial score (nSPS) is 20.7. The Morgan fingerprint density at radius 3 is 3.00 bits per heavy atom. The number of carbonyl (C=O) groups excluding carboxylic acids is 1. The number of likely N-dealkylation sites (tertiary alicyclic amines) is 1. The molecule has 1 amide bonds. The molecule has 1 fully saturated rings. The molecule has 122 valence electrons. The van der Waals surface area contributed by atoms with Gasteiger partial charge >= 0.3 is 0 Å². The minimum Gasteiger partial charge on any atom is -0.369 e. The highest BCUT2D eigenvalue weighted by atomic mass is 16.2. The lowest BCUT2D eigenvalue weighted by molar-refractivity contribution is -0.127. The van der Waals surface area contributed by atoms with Gasteiger partial charge in [-0.2, -0.15) is 5.10 Å². The fraction of sp³-hybridized carbons (Fsp3) is 0.312. The SMILES string of the molecule is CN1C(=O)C[C@@H](CNc2ncnc3[nH]ncc23)[C@@H]1c1ccncc1. The fourth-order valence-corrected chi connectivity index (χ4v) is 3.33. The lowest BCUT2D eigenvalue weighted by Crippen LogP contribution is -2.26. The molecule has 8 heteroatoms. The Morgan fingerprint density at radius 2 is 2.17 bits per heavy atom. The maximum atomic E-state index is 12.2. The van der Waals surface area contributed by atoms with Gasteiger partial charge in [0.05, 0.1) is 17.6 Å². The molecule has 2 atom stereocenters. The van der Waals surface area contributed by atoms with Gasteiger partial charge in [0.15, 0.2) is 5.65 Å². The van der Waals surface area contributed by atoms with Crippen molar-refractivity contribution in [2.24, 2.45) is 5.92 Å². The highest BCUT2D eigenvalue weighted by molar-refractivity contribution is 5.85. The van der Waals surface area contributed by atoms with Gasteiger partial charge in [0, 0.05) is 38.3 Å². The first-order valence-electron chi connectivity index (χ1n) is 7.77. The van der Waals surface area contributed by atoms with Crippen molar-refractivity contribution in [2.75, 3.05) is 18.9 Å². The molecule has 0 spiro atoms. The van der Waals surface area contributed by atoms with E-state index in [1.807, 2.05) is 24.1 Å². The number of hydrogen-bond acceptors (Lipinski definition) is 6. The van der Waals surface area contributed by atoms with Crippen molar-refractivity contribution >= 4 is 22.8 Å². The largest absolute Gasteiger partial charge is 0.369 e. The number of rotatable bonds is 4. The van der Waals surface area contributed by atoms with Crippen LogP contribution in [-0.4, -0.2) is 49.5 Å². The number of nitrogens with one attached hydrogen (secondary N) is 2. The van der Waals surface area contributed by atoms with Gasteiger partial charge in [0.2, 0.25) is 5.91 Å². The third-order valence-corrected chi connectivity index (χ3v) is 4.52. The van der Waals surface area contributed by atoms with Crippen molar-refractivity contribution in [3.63, 3.8) is 0 Å². The predicted molar refractivity (Wildman–Crippen MR) is 88.0 cm³/mol. The van der Waals surface area contributed by atoms with Crippen LogP contribution in [0.25, 0.3) is 11.0 Å². The average molecular weight is 323 g/mol. The van der Waals surface area contributed by atoms with Gasteiger partial charge in [-0.15, -0.1) is 0 Å². The Kier molecular flexibility index (Phi) is 3.56. The summed E-state index contributed by atoms with van der Waals surface area (Å²) in [5.74, 6) is 1.03. The van der Waals surface area contributed by atoms with E-state index in [0.717, 1.165) is 16.8 Å². The van der Waals surface area contributed by atoms with Crippen LogP contribution in [-0.2, 0) is 4.79 Å². The number of nitrogens with zero attached hydrogens (tertiary/aromatic N) is 5. The summed E-state index contributed by atoms with van der Waals surface area (Å²) in [5, 5.41) is 11.0. The molecule has 2 N–H and O–H groups in total. The Labute approximate surface area is 138 Å². The Bertz CT molecular complexity index is 863. The molecule has 4 heterocycles. The molecule has 4 rings (SSSR count). The number of pyridine rings is 1. The van der Waals surface area contributed by atoms with E-state index in [4.69, 9.17) is 0 Å². The van der Waals surface area contributed by atoms with Gasteiger partial charge in [-0.3, -0.25) is 14.9 Å². The van der Waals surface area contributed by atoms with Crippen molar-refractivity contribution in [3.8, 4) is 0 Å². The predicted octanol–water partition coefficient (Wildman–Crippen LogP) is 1.38. The highest BCUT2D eigenvalue weighted by Crippen LogP contribution is 2.36. The van der Waals surface area contributed by atoms with Gasteiger partial charge in [0.1, 0.15) is 12.1 Å². The monoisotopic (exact) mass is 323 g/mol. The van der Waals surface area contributed by atoms with Crippen LogP contribution in [0.3, 0.4) is 0 Å². The van der Waals surface area contributed by atoms with Crippen molar-refractivity contribution in [3.05, 3.63) is 42.6 Å². The van der Waals surface area contributed by atoms with Crippen molar-refractivity contribution < 1.29 is 4.79 Å². The first-order valence-corrected chi connectivity index (χ1v) is 7.77. The Morgan fingerprint density at radius 1 is 1.33 bits per heavy atom. The van der Waals surface area contributed by atoms with Gasteiger partial charge in [-0.05, 0) is 17.7 Å². The van der Waals surface area contributed by atoms with Crippen LogP contribution >= 0.6 is 0 Å². The quantitative estimate of drug-likeness (QED) is 0.752. The van der Waals surface area contributed by atoms with Crippen LogP contribution in [0.4, 0.5) is 5.82 Å². The minimum absolute atomic E-state index is 0.0367. The molecule has 0 unspecified atom stereocenters. The van der Waals surface area contributed by atoms with Gasteiger partial charge in [0.25, 0.3) is 0 Å². The summed E-state index contributed by atoms with van der Waals surface area (Å²) >= 11 is 0. The minimum atomic E-state index is 0.0367. The third kappa shape index (κ3) is 2.45. The number of aromatic nitrogens is 5. The van der Waals surface area contributed by atoms with Gasteiger partial charge < -0.3 is 10.2 Å². The van der Waals surface area contributed by atoms with E-state index in [2.05, 4.69) is 30.5 Å². The molecule has 8 nitrogen and oxygen atoms in total. The van der Waals surface area contributed by atoms with E-state index in [-0.39, 0.29) is 17.9 Å². The second kappa shape index (κ2) is 5.88. The lowest BCUT2D eigenvalue weighted by atomic mass is 9.94. The number of carbonyl (C=O) groups is 1. The Hall–Kier alpha value is -3.03. The molecule has 1 saturated heterocycles. The maximum absolute atomic E-state index is 12.2. The molecular formula is C16H17N7O. The molecule has 3 aromatic heterocycles. The summed E-state index contributed by atoms with van der Waals surface area (Å²) in [6, 6.07) is 3.96. The molecule has 24 heavy (non-hydrogen) atoms. The molecule has 0 radical (unpaired) electrons. The van der Waals surface area contributed by atoms with Crippen LogP contribution in [0, 0.1) is 5.92 Å². The molecule has 1 aliphatic heterocycles. The molecule has 3 aromatic rings. The number of aromatic amines is 1. The average Bonchev–Trinajstić information content (AvgIpc) is 3.19. The summed E-state index contributed by atoms with van der Waals surface area (Å²) in [4.78, 5) is 26.5. The van der Waals surface area contributed by atoms with Crippen LogP contribution in [0.1, 0.15) is 18.0 Å². The summed E-state index contributed by atoms with van der Waals surface area (Å²) in [7, 11) is 1.85. The molecule has 0 aliphatic carbocycles. The van der Waals surface area contributed by atoms with Crippen molar-refractivity contribution in [2.45, 2.75) is 12.5 Å². The highest BCUT2D eigenvalue weighted by Gasteiger charge is 2.38. The second-order valence-corrected chi connectivity index (χ2v) is 5.93. The van der Waals surface area contributed by atoms with E-state index in [9.17, 15) is 4.79 Å². The van der Waals surface area contributed by atoms with E-state index in [1.54, 1.807) is 18.6 Å². The summed E-state index contributed by atoms with van der Waals surface area (Å²) in [5.41, 5.74) is 1.79. The number of fused-ring (bicyclic) bond motifs is 1. The number of H-pyrrole nitrogens is 1. The summed E-state index contributed by atoms with van der Waals surface area (Å²) in [6.45, 7) is 0.639. The number of hydrogen-bond donors (Lipinski definition) is 2. The zero-order chi connectivity index (χ0) is 16.5. The summed E-state index contributed by atoms with van der Waals surface area (Å²) < 4.78 is 0. The molecule has 0 aromatic carbocycles. The van der Waals surface area contributed by atoms with Gasteiger partial charge in [-0.1, -0.05) is 0 Å². The second-order valence-electron chi connectivity index (χ2n) is 5.93. The van der Waals surface area contributed by atoms with Crippen LogP contribution in [0.15, 0.2) is 37.1 Å². The zero-order valence-electron chi connectivity index (χ0n) is 13.2. The zero-order valence-corrected chi connectivity index (χ0v) is 13.2. The van der Waals surface area contributed by atoms with Crippen molar-refractivity contribution in [1.29, 1.82) is 0 Å². The van der Waals surface area contributed by atoms with Crippen molar-refractivity contribution in [1.82, 2.24) is 30.0 Å². The number of amides is 1. The maximum Gasteiger partial charge on any atom is 0.223 e. The van der Waals surface area contributed by atoms with Crippen LogP contribution in [0.5, 0.6) is 0 Å². The topological polar surface area (TPSA) is 99.7 Å². The fourth-order valence-electron chi connectivity index (χ4n) is 3.33. The van der Waals surface area contributed by atoms with E-state index in [1.165, 1.54) is 6.33 Å². The smallest absolute Gasteiger partial charge is 0.223 e. The first kappa shape index (κ1) is 14.6. The molecular weight excluding hydrogens is 306 g/mol. The van der Waals surface area contributed by atoms with Crippen LogP contribution < -0.4 is 5.32 Å². The standard InChI is InChI=1S/C16H17N7O/c1-23-13(24)6-11(14(23)10-2-4-17-5-3-10)7-18-15-12-8-21-22-16(12)20-9-19-15/h2-5,8-9,11,14H,6-7H2,1H3,(H2,18,19,20,21,22)/t11-,14-/m0/s1. The molecule has 1 aliphatic rings. The lowest BCUT2D eigenvalue weighted by Gasteiger charge is -2.25. The number of anilines is 1. The third-order valence-electron chi connectivity index (χ3n) is 4.52.